The number of carbonyl (C=O) groups excluding carboxylic acids is 2. The third-order valence-corrected chi connectivity index (χ3v) is 4.78. The summed E-state index contributed by atoms with van der Waals surface area (Å²) in [4.78, 5) is 28.2. The monoisotopic (exact) mass is 396 g/mol. The fourth-order valence-corrected chi connectivity index (χ4v) is 2.88. The molecule has 1 fully saturated rings. The number of amides is 2. The van der Waals surface area contributed by atoms with Gasteiger partial charge in [0, 0.05) is 37.8 Å². The highest BCUT2D eigenvalue weighted by Crippen LogP contribution is 2.16. The van der Waals surface area contributed by atoms with Crippen LogP contribution in [-0.4, -0.2) is 67.1 Å². The van der Waals surface area contributed by atoms with Gasteiger partial charge in [-0.25, -0.2) is 0 Å². The lowest BCUT2D eigenvalue weighted by Gasteiger charge is -2.35. The standard InChI is InChI=1S/C20H29ClN2O4/c1-15(2)8-13-26-16(3)20(25)23-11-9-22(10-12-23)19(24)14-27-18-6-4-17(21)5-7-18/h4-7,15-16H,8-14H2,1-3H3. The Morgan fingerprint density at radius 3 is 2.22 bits per heavy atom. The molecule has 7 heteroatoms. The highest BCUT2D eigenvalue weighted by molar-refractivity contribution is 6.30. The fourth-order valence-electron chi connectivity index (χ4n) is 2.75. The first-order chi connectivity index (χ1) is 12.9. The zero-order chi connectivity index (χ0) is 19.8. The number of halogens is 1. The summed E-state index contributed by atoms with van der Waals surface area (Å²) >= 11 is 5.83. The summed E-state index contributed by atoms with van der Waals surface area (Å²) in [5, 5.41) is 0.622. The predicted molar refractivity (Wildman–Crippen MR) is 105 cm³/mol. The number of piperazine rings is 1. The maximum atomic E-state index is 12.5. The highest BCUT2D eigenvalue weighted by Gasteiger charge is 2.27. The van der Waals surface area contributed by atoms with Crippen molar-refractivity contribution in [1.82, 2.24) is 9.80 Å². The maximum absolute atomic E-state index is 12.5. The third-order valence-electron chi connectivity index (χ3n) is 4.53. The Balaban J connectivity index is 1.71. The minimum absolute atomic E-state index is 0.0109. The fraction of sp³-hybridized carbons (Fsp3) is 0.600. The smallest absolute Gasteiger partial charge is 0.260 e. The van der Waals surface area contributed by atoms with E-state index in [1.807, 2.05) is 0 Å². The van der Waals surface area contributed by atoms with Crippen LogP contribution in [0.3, 0.4) is 0 Å². The van der Waals surface area contributed by atoms with Gasteiger partial charge in [0.25, 0.3) is 11.8 Å². The highest BCUT2D eigenvalue weighted by atomic mass is 35.5. The van der Waals surface area contributed by atoms with Crippen molar-refractivity contribution in [1.29, 1.82) is 0 Å². The predicted octanol–water partition coefficient (Wildman–Crippen LogP) is 2.84. The van der Waals surface area contributed by atoms with Crippen molar-refractivity contribution >= 4 is 23.4 Å². The summed E-state index contributed by atoms with van der Waals surface area (Å²) in [6.07, 6.45) is 0.493. The average Bonchev–Trinajstić information content (AvgIpc) is 2.66. The van der Waals surface area contributed by atoms with Gasteiger partial charge in [-0.2, -0.15) is 0 Å². The summed E-state index contributed by atoms with van der Waals surface area (Å²) in [5.41, 5.74) is 0. The Morgan fingerprint density at radius 1 is 1.04 bits per heavy atom. The van der Waals surface area contributed by atoms with Crippen LogP contribution in [0.4, 0.5) is 0 Å². The second-order valence-electron chi connectivity index (χ2n) is 7.14. The second-order valence-corrected chi connectivity index (χ2v) is 7.58. The molecule has 1 unspecified atom stereocenters. The van der Waals surface area contributed by atoms with E-state index in [0.717, 1.165) is 6.42 Å². The zero-order valence-corrected chi connectivity index (χ0v) is 17.1. The van der Waals surface area contributed by atoms with Crippen LogP contribution in [0, 0.1) is 5.92 Å². The summed E-state index contributed by atoms with van der Waals surface area (Å²) < 4.78 is 11.1. The van der Waals surface area contributed by atoms with E-state index < -0.39 is 6.10 Å². The molecule has 150 valence electrons. The van der Waals surface area contributed by atoms with E-state index in [4.69, 9.17) is 21.1 Å². The molecule has 1 aromatic carbocycles. The first kappa shape index (κ1) is 21.5. The molecular formula is C20H29ClN2O4. The van der Waals surface area contributed by atoms with Crippen LogP contribution in [0.15, 0.2) is 24.3 Å². The van der Waals surface area contributed by atoms with E-state index in [9.17, 15) is 9.59 Å². The summed E-state index contributed by atoms with van der Waals surface area (Å²) in [6, 6.07) is 6.89. The van der Waals surface area contributed by atoms with Gasteiger partial charge in [0.2, 0.25) is 0 Å². The molecule has 1 heterocycles. The molecule has 0 saturated carbocycles. The van der Waals surface area contributed by atoms with Gasteiger partial charge in [0.1, 0.15) is 11.9 Å². The van der Waals surface area contributed by atoms with Crippen molar-refractivity contribution in [2.24, 2.45) is 5.92 Å². The largest absolute Gasteiger partial charge is 0.484 e. The minimum Gasteiger partial charge on any atom is -0.484 e. The van der Waals surface area contributed by atoms with E-state index in [1.54, 1.807) is 41.0 Å². The number of hydrogen-bond donors (Lipinski definition) is 0. The molecule has 2 rings (SSSR count). The van der Waals surface area contributed by atoms with E-state index in [2.05, 4.69) is 13.8 Å². The van der Waals surface area contributed by atoms with E-state index >= 15 is 0 Å². The van der Waals surface area contributed by atoms with E-state index in [0.29, 0.717) is 49.5 Å². The number of rotatable bonds is 8. The molecule has 1 aromatic rings. The molecule has 6 nitrogen and oxygen atoms in total. The Morgan fingerprint density at radius 2 is 1.63 bits per heavy atom. The van der Waals surface area contributed by atoms with Crippen LogP contribution >= 0.6 is 11.6 Å². The van der Waals surface area contributed by atoms with Crippen molar-refractivity contribution in [3.05, 3.63) is 29.3 Å². The molecule has 2 amide bonds. The topological polar surface area (TPSA) is 59.1 Å². The van der Waals surface area contributed by atoms with Gasteiger partial charge in [0.05, 0.1) is 0 Å². The number of hydrogen-bond acceptors (Lipinski definition) is 4. The van der Waals surface area contributed by atoms with E-state index in [1.165, 1.54) is 0 Å². The minimum atomic E-state index is -0.445. The second kappa shape index (κ2) is 10.5. The van der Waals surface area contributed by atoms with Gasteiger partial charge in [-0.1, -0.05) is 25.4 Å². The van der Waals surface area contributed by atoms with Gasteiger partial charge in [0.15, 0.2) is 6.61 Å². The lowest BCUT2D eigenvalue weighted by atomic mass is 10.1. The van der Waals surface area contributed by atoms with Gasteiger partial charge < -0.3 is 19.3 Å². The molecule has 1 atom stereocenters. The van der Waals surface area contributed by atoms with Gasteiger partial charge in [-0.3, -0.25) is 9.59 Å². The van der Waals surface area contributed by atoms with Crippen LogP contribution in [0.5, 0.6) is 5.75 Å². The van der Waals surface area contributed by atoms with Crippen LogP contribution in [0.2, 0.25) is 5.02 Å². The summed E-state index contributed by atoms with van der Waals surface area (Å²) in [7, 11) is 0. The lowest BCUT2D eigenvalue weighted by Crippen LogP contribution is -2.53. The molecule has 0 aromatic heterocycles. The Labute approximate surface area is 166 Å². The van der Waals surface area contributed by atoms with Gasteiger partial charge in [-0.15, -0.1) is 0 Å². The van der Waals surface area contributed by atoms with Crippen molar-refractivity contribution in [3.63, 3.8) is 0 Å². The number of carbonyl (C=O) groups is 2. The van der Waals surface area contributed by atoms with Crippen molar-refractivity contribution < 1.29 is 19.1 Å². The molecule has 0 spiro atoms. The molecule has 1 aliphatic rings. The average molecular weight is 397 g/mol. The number of benzene rings is 1. The van der Waals surface area contributed by atoms with Gasteiger partial charge >= 0.3 is 0 Å². The lowest BCUT2D eigenvalue weighted by molar-refractivity contribution is -0.148. The first-order valence-electron chi connectivity index (χ1n) is 9.43. The summed E-state index contributed by atoms with van der Waals surface area (Å²) in [5.74, 6) is 1.06. The first-order valence-corrected chi connectivity index (χ1v) is 9.81. The molecule has 27 heavy (non-hydrogen) atoms. The Hall–Kier alpha value is -1.79. The van der Waals surface area contributed by atoms with Gasteiger partial charge in [-0.05, 0) is 43.5 Å². The third kappa shape index (κ3) is 7.03. The van der Waals surface area contributed by atoms with Crippen molar-refractivity contribution in [2.75, 3.05) is 39.4 Å². The number of nitrogens with zero attached hydrogens (tertiary/aromatic N) is 2. The quantitative estimate of drug-likeness (QED) is 0.678. The van der Waals surface area contributed by atoms with Crippen LogP contribution in [0.1, 0.15) is 27.2 Å². The molecular weight excluding hydrogens is 368 g/mol. The van der Waals surface area contributed by atoms with Crippen LogP contribution in [-0.2, 0) is 14.3 Å². The molecule has 0 N–H and O–H groups in total. The molecule has 0 radical (unpaired) electrons. The zero-order valence-electron chi connectivity index (χ0n) is 16.3. The van der Waals surface area contributed by atoms with E-state index in [-0.39, 0.29) is 18.4 Å². The summed E-state index contributed by atoms with van der Waals surface area (Å²) in [6.45, 7) is 8.66. The molecule has 1 aliphatic heterocycles. The number of ether oxygens (including phenoxy) is 2. The maximum Gasteiger partial charge on any atom is 0.260 e. The van der Waals surface area contributed by atoms with Crippen LogP contribution < -0.4 is 4.74 Å². The Bertz CT molecular complexity index is 613. The van der Waals surface area contributed by atoms with Crippen molar-refractivity contribution in [3.8, 4) is 5.75 Å². The molecule has 1 saturated heterocycles. The SMILES string of the molecule is CC(C)CCOC(C)C(=O)N1CCN(C(=O)COc2ccc(Cl)cc2)CC1. The Kier molecular flexibility index (Phi) is 8.38. The molecule has 0 aliphatic carbocycles. The van der Waals surface area contributed by atoms with Crippen molar-refractivity contribution in [2.45, 2.75) is 33.3 Å². The normalized spacial score (nSPS) is 15.7. The molecule has 0 bridgehead atoms. The van der Waals surface area contributed by atoms with Crippen LogP contribution in [0.25, 0.3) is 0 Å².